The molecule has 7 heteroatoms. The number of carbonyl (C=O) groups is 1. The van der Waals surface area contributed by atoms with Crippen LogP contribution < -0.4 is 4.72 Å². The predicted octanol–water partition coefficient (Wildman–Crippen LogP) is 4.14. The maximum Gasteiger partial charge on any atom is 0.255 e. The van der Waals surface area contributed by atoms with Crippen molar-refractivity contribution in [1.82, 2.24) is 9.62 Å². The van der Waals surface area contributed by atoms with Gasteiger partial charge in [-0.2, -0.15) is 0 Å². The monoisotopic (exact) mass is 412 g/mol. The van der Waals surface area contributed by atoms with E-state index in [1.54, 1.807) is 18.2 Å². The number of thioether (sulfide) groups is 1. The summed E-state index contributed by atoms with van der Waals surface area (Å²) in [5, 5.41) is 0. The van der Waals surface area contributed by atoms with E-state index in [0.717, 1.165) is 56.5 Å². The van der Waals surface area contributed by atoms with Gasteiger partial charge in [0.25, 0.3) is 5.91 Å². The molecule has 1 aromatic carbocycles. The normalized spacial score (nSPS) is 15.9. The van der Waals surface area contributed by atoms with Crippen LogP contribution in [0.15, 0.2) is 28.0 Å². The Bertz CT molecular complexity index is 729. The first-order chi connectivity index (χ1) is 12.9. The summed E-state index contributed by atoms with van der Waals surface area (Å²) < 4.78 is 28.3. The SMILES string of the molecule is CCCC[C@@H](CC)CNS(=O)(=O)c1ccc(SC)c(C(=O)N2CCCC2)c1. The Labute approximate surface area is 168 Å². The van der Waals surface area contributed by atoms with Crippen molar-refractivity contribution in [2.45, 2.75) is 62.2 Å². The Kier molecular flexibility index (Phi) is 8.63. The fraction of sp³-hybridized carbons (Fsp3) is 0.650. The van der Waals surface area contributed by atoms with E-state index in [0.29, 0.717) is 18.0 Å². The van der Waals surface area contributed by atoms with E-state index in [9.17, 15) is 13.2 Å². The molecule has 0 spiro atoms. The average molecular weight is 413 g/mol. The minimum atomic E-state index is -3.62. The molecule has 5 nitrogen and oxygen atoms in total. The van der Waals surface area contributed by atoms with Gasteiger partial charge in [0.05, 0.1) is 10.5 Å². The molecule has 1 aliphatic heterocycles. The molecule has 1 amide bonds. The Morgan fingerprint density at radius 3 is 2.56 bits per heavy atom. The van der Waals surface area contributed by atoms with Gasteiger partial charge in [-0.3, -0.25) is 4.79 Å². The van der Waals surface area contributed by atoms with Crippen LogP contribution in [0.1, 0.15) is 62.7 Å². The fourth-order valence-electron chi connectivity index (χ4n) is 3.37. The van der Waals surface area contributed by atoms with Gasteiger partial charge in [0.15, 0.2) is 0 Å². The average Bonchev–Trinajstić information content (AvgIpc) is 3.21. The highest BCUT2D eigenvalue weighted by Crippen LogP contribution is 2.26. The molecule has 1 fully saturated rings. The third-order valence-corrected chi connectivity index (χ3v) is 7.43. The fourth-order valence-corrected chi connectivity index (χ4v) is 5.08. The number of hydrogen-bond donors (Lipinski definition) is 1. The topological polar surface area (TPSA) is 66.5 Å². The van der Waals surface area contributed by atoms with Crippen LogP contribution in [0.2, 0.25) is 0 Å². The van der Waals surface area contributed by atoms with Gasteiger partial charge in [-0.1, -0.05) is 33.1 Å². The number of nitrogens with zero attached hydrogens (tertiary/aromatic N) is 1. The van der Waals surface area contributed by atoms with Crippen LogP contribution in [-0.2, 0) is 10.0 Å². The summed E-state index contributed by atoms with van der Waals surface area (Å²) >= 11 is 1.47. The van der Waals surface area contributed by atoms with E-state index >= 15 is 0 Å². The number of hydrogen-bond acceptors (Lipinski definition) is 4. The summed E-state index contributed by atoms with van der Waals surface area (Å²) in [6.07, 6.45) is 8.12. The number of carbonyl (C=O) groups excluding carboxylic acids is 1. The molecule has 0 unspecified atom stereocenters. The lowest BCUT2D eigenvalue weighted by Crippen LogP contribution is -2.30. The van der Waals surface area contributed by atoms with Gasteiger partial charge in [0.1, 0.15) is 0 Å². The van der Waals surface area contributed by atoms with Crippen molar-refractivity contribution in [3.05, 3.63) is 23.8 Å². The molecule has 152 valence electrons. The second kappa shape index (κ2) is 10.5. The summed E-state index contributed by atoms with van der Waals surface area (Å²) in [5.41, 5.74) is 0.491. The minimum Gasteiger partial charge on any atom is -0.339 e. The van der Waals surface area contributed by atoms with Gasteiger partial charge >= 0.3 is 0 Å². The van der Waals surface area contributed by atoms with Crippen molar-refractivity contribution in [2.24, 2.45) is 5.92 Å². The number of amides is 1. The number of rotatable bonds is 10. The van der Waals surface area contributed by atoms with Crippen LogP contribution in [0.25, 0.3) is 0 Å². The molecule has 1 N–H and O–H groups in total. The maximum atomic E-state index is 12.8. The number of nitrogens with one attached hydrogen (secondary N) is 1. The zero-order valence-corrected chi connectivity index (χ0v) is 18.3. The highest BCUT2D eigenvalue weighted by molar-refractivity contribution is 7.98. The van der Waals surface area contributed by atoms with Gasteiger partial charge in [0, 0.05) is 24.5 Å². The number of benzene rings is 1. The second-order valence-corrected chi connectivity index (χ2v) is 9.74. The molecule has 1 aliphatic rings. The van der Waals surface area contributed by atoms with Gasteiger partial charge in [-0.05, 0) is 49.6 Å². The molecule has 0 bridgehead atoms. The van der Waals surface area contributed by atoms with E-state index in [1.807, 2.05) is 11.2 Å². The van der Waals surface area contributed by atoms with E-state index in [4.69, 9.17) is 0 Å². The van der Waals surface area contributed by atoms with Crippen molar-refractivity contribution in [3.63, 3.8) is 0 Å². The highest BCUT2D eigenvalue weighted by atomic mass is 32.2. The molecule has 1 saturated heterocycles. The van der Waals surface area contributed by atoms with Crippen LogP contribution in [0.4, 0.5) is 0 Å². The van der Waals surface area contributed by atoms with E-state index < -0.39 is 10.0 Å². The lowest BCUT2D eigenvalue weighted by atomic mass is 10.00. The van der Waals surface area contributed by atoms with E-state index in [1.165, 1.54) is 11.8 Å². The van der Waals surface area contributed by atoms with Gasteiger partial charge < -0.3 is 4.90 Å². The maximum absolute atomic E-state index is 12.8. The molecule has 0 aliphatic carbocycles. The molecule has 0 radical (unpaired) electrons. The number of unbranched alkanes of at least 4 members (excludes halogenated alkanes) is 1. The summed E-state index contributed by atoms with van der Waals surface area (Å²) in [6, 6.07) is 4.89. The van der Waals surface area contributed by atoms with Crippen LogP contribution in [0.5, 0.6) is 0 Å². The first kappa shape index (κ1) is 22.2. The van der Waals surface area contributed by atoms with Crippen LogP contribution in [-0.4, -0.2) is 45.1 Å². The summed E-state index contributed by atoms with van der Waals surface area (Å²) in [4.78, 5) is 15.6. The van der Waals surface area contributed by atoms with Crippen molar-refractivity contribution >= 4 is 27.7 Å². The van der Waals surface area contributed by atoms with Gasteiger partial charge in [0.2, 0.25) is 10.0 Å². The summed E-state index contributed by atoms with van der Waals surface area (Å²) in [7, 11) is -3.62. The van der Waals surface area contributed by atoms with Crippen molar-refractivity contribution in [2.75, 3.05) is 25.9 Å². The first-order valence-electron chi connectivity index (χ1n) is 9.89. The van der Waals surface area contributed by atoms with Crippen molar-refractivity contribution in [1.29, 1.82) is 0 Å². The largest absolute Gasteiger partial charge is 0.339 e. The molecule has 2 rings (SSSR count). The van der Waals surface area contributed by atoms with Crippen molar-refractivity contribution in [3.8, 4) is 0 Å². The third kappa shape index (κ3) is 5.96. The minimum absolute atomic E-state index is 0.0664. The highest BCUT2D eigenvalue weighted by Gasteiger charge is 2.24. The quantitative estimate of drug-likeness (QED) is 0.587. The van der Waals surface area contributed by atoms with E-state index in [-0.39, 0.29) is 10.8 Å². The Balaban J connectivity index is 2.18. The predicted molar refractivity (Wildman–Crippen MR) is 112 cm³/mol. The molecule has 1 heterocycles. The molecule has 0 aromatic heterocycles. The lowest BCUT2D eigenvalue weighted by molar-refractivity contribution is 0.0789. The van der Waals surface area contributed by atoms with Crippen LogP contribution in [0.3, 0.4) is 0 Å². The lowest BCUT2D eigenvalue weighted by Gasteiger charge is -2.19. The first-order valence-corrected chi connectivity index (χ1v) is 12.6. The Morgan fingerprint density at radius 2 is 1.96 bits per heavy atom. The molecule has 1 atom stereocenters. The number of sulfonamides is 1. The zero-order chi connectivity index (χ0) is 19.9. The molecule has 27 heavy (non-hydrogen) atoms. The van der Waals surface area contributed by atoms with Gasteiger partial charge in [-0.15, -0.1) is 11.8 Å². The standard InChI is InChI=1S/C20H32N2O3S2/c1-4-6-9-16(5-2)15-21-27(24,25)17-10-11-19(26-3)18(14-17)20(23)22-12-7-8-13-22/h10-11,14,16,21H,4-9,12-13,15H2,1-3H3/t16-/m1/s1. The Morgan fingerprint density at radius 1 is 1.26 bits per heavy atom. The second-order valence-electron chi connectivity index (χ2n) is 7.13. The molecule has 0 saturated carbocycles. The third-order valence-electron chi connectivity index (χ3n) is 5.21. The smallest absolute Gasteiger partial charge is 0.255 e. The summed E-state index contributed by atoms with van der Waals surface area (Å²) in [5.74, 6) is 0.277. The summed E-state index contributed by atoms with van der Waals surface area (Å²) in [6.45, 7) is 6.17. The Hall–Kier alpha value is -1.05. The van der Waals surface area contributed by atoms with Gasteiger partial charge in [-0.25, -0.2) is 13.1 Å². The number of likely N-dealkylation sites (tertiary alicyclic amines) is 1. The van der Waals surface area contributed by atoms with E-state index in [2.05, 4.69) is 18.6 Å². The molecule has 1 aromatic rings. The molecular formula is C20H32N2O3S2. The van der Waals surface area contributed by atoms with Crippen LogP contribution >= 0.6 is 11.8 Å². The van der Waals surface area contributed by atoms with Crippen molar-refractivity contribution < 1.29 is 13.2 Å². The molecular weight excluding hydrogens is 380 g/mol. The zero-order valence-electron chi connectivity index (χ0n) is 16.7. The van der Waals surface area contributed by atoms with Crippen LogP contribution in [0, 0.1) is 5.92 Å².